The second kappa shape index (κ2) is 6.20. The van der Waals surface area contributed by atoms with Gasteiger partial charge in [-0.15, -0.1) is 0 Å². The molecule has 0 radical (unpaired) electrons. The molecule has 0 aromatic rings. The number of alkyl halides is 3. The first-order valence-electron chi connectivity index (χ1n) is 5.17. The SMILES string of the molecule is FC(F)COC1(CI)CCCCCC1. The molecule has 0 heterocycles. The zero-order valence-electron chi connectivity index (χ0n) is 8.28. The molecule has 0 N–H and O–H groups in total. The van der Waals surface area contributed by atoms with Crippen molar-refractivity contribution in [1.29, 1.82) is 0 Å². The highest BCUT2D eigenvalue weighted by Crippen LogP contribution is 2.32. The average molecular weight is 318 g/mol. The van der Waals surface area contributed by atoms with Crippen LogP contribution in [0.3, 0.4) is 0 Å². The van der Waals surface area contributed by atoms with E-state index in [9.17, 15) is 8.78 Å². The number of hydrogen-bond donors (Lipinski definition) is 0. The van der Waals surface area contributed by atoms with Gasteiger partial charge in [-0.2, -0.15) is 0 Å². The van der Waals surface area contributed by atoms with Gasteiger partial charge in [0.2, 0.25) is 0 Å². The normalized spacial score (nSPS) is 22.3. The van der Waals surface area contributed by atoms with Gasteiger partial charge in [0, 0.05) is 4.43 Å². The van der Waals surface area contributed by atoms with Crippen LogP contribution in [0.2, 0.25) is 0 Å². The minimum Gasteiger partial charge on any atom is -0.368 e. The Morgan fingerprint density at radius 2 is 1.71 bits per heavy atom. The monoisotopic (exact) mass is 318 g/mol. The summed E-state index contributed by atoms with van der Waals surface area (Å²) in [6.45, 7) is -0.400. The van der Waals surface area contributed by atoms with Crippen LogP contribution in [0, 0.1) is 0 Å². The highest BCUT2D eigenvalue weighted by Gasteiger charge is 2.31. The molecular weight excluding hydrogens is 301 g/mol. The molecule has 0 atom stereocenters. The summed E-state index contributed by atoms with van der Waals surface area (Å²) in [6.07, 6.45) is 4.23. The largest absolute Gasteiger partial charge is 0.368 e. The number of hydrogen-bond acceptors (Lipinski definition) is 1. The van der Waals surface area contributed by atoms with Gasteiger partial charge in [0.15, 0.2) is 0 Å². The molecule has 1 aliphatic rings. The van der Waals surface area contributed by atoms with Crippen molar-refractivity contribution >= 4 is 22.6 Å². The summed E-state index contributed by atoms with van der Waals surface area (Å²) >= 11 is 2.25. The fraction of sp³-hybridized carbons (Fsp3) is 1.00. The van der Waals surface area contributed by atoms with Gasteiger partial charge >= 0.3 is 0 Å². The van der Waals surface area contributed by atoms with Gasteiger partial charge in [-0.25, -0.2) is 8.78 Å². The van der Waals surface area contributed by atoms with Crippen LogP contribution in [0.25, 0.3) is 0 Å². The van der Waals surface area contributed by atoms with Crippen molar-refractivity contribution in [3.8, 4) is 0 Å². The molecule has 84 valence electrons. The maximum Gasteiger partial charge on any atom is 0.261 e. The molecule has 1 nitrogen and oxygen atoms in total. The standard InChI is InChI=1S/C10H17F2IO/c11-9(12)7-14-10(8-13)5-3-1-2-4-6-10/h9H,1-8H2. The molecule has 4 heteroatoms. The third kappa shape index (κ3) is 3.96. The summed E-state index contributed by atoms with van der Waals surface area (Å²) < 4.78 is 30.4. The van der Waals surface area contributed by atoms with E-state index in [0.29, 0.717) is 0 Å². The van der Waals surface area contributed by atoms with E-state index in [4.69, 9.17) is 4.74 Å². The van der Waals surface area contributed by atoms with Crippen LogP contribution in [0.1, 0.15) is 38.5 Å². The van der Waals surface area contributed by atoms with Gasteiger partial charge in [0.05, 0.1) is 5.60 Å². The van der Waals surface area contributed by atoms with E-state index in [1.165, 1.54) is 12.8 Å². The first-order valence-corrected chi connectivity index (χ1v) is 6.69. The summed E-state index contributed by atoms with van der Waals surface area (Å²) in [7, 11) is 0. The van der Waals surface area contributed by atoms with Crippen LogP contribution in [0.15, 0.2) is 0 Å². The maximum atomic E-state index is 12.1. The van der Waals surface area contributed by atoms with Gasteiger partial charge in [-0.1, -0.05) is 48.3 Å². The zero-order valence-corrected chi connectivity index (χ0v) is 10.4. The van der Waals surface area contributed by atoms with Crippen LogP contribution in [0.4, 0.5) is 8.78 Å². The Morgan fingerprint density at radius 1 is 1.14 bits per heavy atom. The van der Waals surface area contributed by atoms with Crippen molar-refractivity contribution in [2.45, 2.75) is 50.6 Å². The van der Waals surface area contributed by atoms with Crippen molar-refractivity contribution in [2.24, 2.45) is 0 Å². The first-order chi connectivity index (χ1) is 6.68. The number of halogens is 3. The van der Waals surface area contributed by atoms with Crippen molar-refractivity contribution in [3.63, 3.8) is 0 Å². The van der Waals surface area contributed by atoms with Crippen LogP contribution < -0.4 is 0 Å². The lowest BCUT2D eigenvalue weighted by Crippen LogP contribution is -2.35. The molecule has 1 saturated carbocycles. The molecule has 0 aromatic heterocycles. The molecule has 0 aromatic carbocycles. The van der Waals surface area contributed by atoms with Crippen LogP contribution in [-0.4, -0.2) is 23.1 Å². The van der Waals surface area contributed by atoms with Gasteiger partial charge in [0.25, 0.3) is 6.43 Å². The Balaban J connectivity index is 2.45. The second-order valence-electron chi connectivity index (χ2n) is 3.93. The molecule has 1 rings (SSSR count). The molecule has 1 fully saturated rings. The Kier molecular flexibility index (Phi) is 5.59. The third-order valence-electron chi connectivity index (χ3n) is 2.77. The smallest absolute Gasteiger partial charge is 0.261 e. The van der Waals surface area contributed by atoms with E-state index in [1.807, 2.05) is 0 Å². The summed E-state index contributed by atoms with van der Waals surface area (Å²) in [5.74, 6) is 0. The minimum atomic E-state index is -2.34. The Hall–Kier alpha value is 0.550. The molecule has 1 aliphatic carbocycles. The molecule has 0 aliphatic heterocycles. The second-order valence-corrected chi connectivity index (χ2v) is 4.70. The number of rotatable bonds is 4. The molecular formula is C10H17F2IO. The van der Waals surface area contributed by atoms with Gasteiger partial charge in [0.1, 0.15) is 6.61 Å². The highest BCUT2D eigenvalue weighted by molar-refractivity contribution is 14.1. The van der Waals surface area contributed by atoms with Crippen LogP contribution in [-0.2, 0) is 4.74 Å². The summed E-state index contributed by atoms with van der Waals surface area (Å²) in [4.78, 5) is 0. The predicted octanol–water partition coefficient (Wildman–Crippen LogP) is 3.80. The molecule has 14 heavy (non-hydrogen) atoms. The Labute approximate surface area is 97.7 Å². The first kappa shape index (κ1) is 12.6. The average Bonchev–Trinajstić information content (AvgIpc) is 2.41. The van der Waals surface area contributed by atoms with E-state index >= 15 is 0 Å². The summed E-state index contributed by atoms with van der Waals surface area (Å²) in [5, 5.41) is 0. The van der Waals surface area contributed by atoms with E-state index in [2.05, 4.69) is 22.6 Å². The van der Waals surface area contributed by atoms with Gasteiger partial charge in [-0.05, 0) is 12.8 Å². The lowest BCUT2D eigenvalue weighted by atomic mass is 9.97. The predicted molar refractivity (Wildman–Crippen MR) is 61.3 cm³/mol. The highest BCUT2D eigenvalue weighted by atomic mass is 127. The van der Waals surface area contributed by atoms with Crippen molar-refractivity contribution in [1.82, 2.24) is 0 Å². The van der Waals surface area contributed by atoms with Gasteiger partial charge < -0.3 is 4.74 Å². The Bertz CT molecular complexity index is 156. The van der Waals surface area contributed by atoms with Crippen molar-refractivity contribution in [3.05, 3.63) is 0 Å². The maximum absolute atomic E-state index is 12.1. The molecule has 0 spiro atoms. The molecule has 0 saturated heterocycles. The van der Waals surface area contributed by atoms with Gasteiger partial charge in [-0.3, -0.25) is 0 Å². The number of ether oxygens (including phenoxy) is 1. The quantitative estimate of drug-likeness (QED) is 0.435. The molecule has 0 amide bonds. The van der Waals surface area contributed by atoms with E-state index in [-0.39, 0.29) is 5.60 Å². The van der Waals surface area contributed by atoms with E-state index in [1.54, 1.807) is 0 Å². The van der Waals surface area contributed by atoms with Crippen LogP contribution in [0.5, 0.6) is 0 Å². The Morgan fingerprint density at radius 3 is 2.14 bits per heavy atom. The third-order valence-corrected chi connectivity index (χ3v) is 4.16. The topological polar surface area (TPSA) is 9.23 Å². The zero-order chi connectivity index (χ0) is 10.4. The molecule has 0 bridgehead atoms. The van der Waals surface area contributed by atoms with E-state index in [0.717, 1.165) is 30.1 Å². The van der Waals surface area contributed by atoms with Crippen LogP contribution >= 0.6 is 22.6 Å². The fourth-order valence-corrected chi connectivity index (χ4v) is 2.91. The van der Waals surface area contributed by atoms with E-state index < -0.39 is 13.0 Å². The lowest BCUT2D eigenvalue weighted by Gasteiger charge is -2.31. The summed E-state index contributed by atoms with van der Waals surface area (Å²) in [6, 6.07) is 0. The summed E-state index contributed by atoms with van der Waals surface area (Å²) in [5.41, 5.74) is -0.256. The van der Waals surface area contributed by atoms with Crippen molar-refractivity contribution < 1.29 is 13.5 Å². The fourth-order valence-electron chi connectivity index (χ4n) is 1.93. The minimum absolute atomic E-state index is 0.256. The lowest BCUT2D eigenvalue weighted by molar-refractivity contribution is -0.0821. The van der Waals surface area contributed by atoms with Crippen molar-refractivity contribution in [2.75, 3.05) is 11.0 Å². The molecule has 0 unspecified atom stereocenters.